The highest BCUT2D eigenvalue weighted by atomic mass is 35.5. The Bertz CT molecular complexity index is 249. The minimum Gasteiger partial charge on any atom is -0.360 e. The van der Waals surface area contributed by atoms with Crippen LogP contribution in [0.2, 0.25) is 0 Å². The third-order valence-electron chi connectivity index (χ3n) is 2.07. The minimum absolute atomic E-state index is 0.264. The number of hydrogen-bond donors (Lipinski definition) is 1. The monoisotopic (exact) mass is 233 g/mol. The molecule has 0 spiro atoms. The van der Waals surface area contributed by atoms with E-state index in [9.17, 15) is 0 Å². The molecule has 1 rings (SSSR count). The van der Waals surface area contributed by atoms with Crippen LogP contribution in [-0.2, 0) is 0 Å². The molecule has 0 aliphatic heterocycles. The van der Waals surface area contributed by atoms with E-state index in [-0.39, 0.29) is 5.41 Å². The summed E-state index contributed by atoms with van der Waals surface area (Å²) in [5.41, 5.74) is 1.99. The van der Waals surface area contributed by atoms with E-state index in [1.807, 2.05) is 0 Å². The highest BCUT2D eigenvalue weighted by molar-refractivity contribution is 7.13. The molecule has 0 aromatic carbocycles. The molecular formula is C9H16ClN3S. The smallest absolute Gasteiger partial charge is 0.205 e. The molecule has 0 aliphatic rings. The fourth-order valence-electron chi connectivity index (χ4n) is 1.20. The lowest BCUT2D eigenvalue weighted by atomic mass is 9.88. The quantitative estimate of drug-likeness (QED) is 0.768. The van der Waals surface area contributed by atoms with Gasteiger partial charge in [-0.1, -0.05) is 25.2 Å². The molecule has 0 saturated heterocycles. The van der Waals surface area contributed by atoms with Gasteiger partial charge in [0, 0.05) is 12.4 Å². The molecule has 0 fully saturated rings. The van der Waals surface area contributed by atoms with E-state index in [2.05, 4.69) is 29.4 Å². The van der Waals surface area contributed by atoms with Crippen molar-refractivity contribution >= 4 is 28.1 Å². The Morgan fingerprint density at radius 3 is 2.93 bits per heavy atom. The Morgan fingerprint density at radius 1 is 1.57 bits per heavy atom. The molecule has 0 radical (unpaired) electrons. The highest BCUT2D eigenvalue weighted by Gasteiger charge is 2.17. The van der Waals surface area contributed by atoms with Crippen LogP contribution in [0, 0.1) is 5.41 Å². The highest BCUT2D eigenvalue weighted by Crippen LogP contribution is 2.23. The summed E-state index contributed by atoms with van der Waals surface area (Å²) in [6.45, 7) is 5.38. The summed E-state index contributed by atoms with van der Waals surface area (Å²) in [5, 5.41) is 11.9. The van der Waals surface area contributed by atoms with Crippen molar-refractivity contribution in [3.05, 3.63) is 5.51 Å². The number of nitrogens with one attached hydrogen (secondary N) is 1. The maximum Gasteiger partial charge on any atom is 0.205 e. The molecular weight excluding hydrogens is 218 g/mol. The van der Waals surface area contributed by atoms with Crippen molar-refractivity contribution < 1.29 is 0 Å². The van der Waals surface area contributed by atoms with E-state index in [0.717, 1.165) is 30.4 Å². The van der Waals surface area contributed by atoms with Crippen LogP contribution in [0.25, 0.3) is 0 Å². The van der Waals surface area contributed by atoms with Gasteiger partial charge in [0.1, 0.15) is 5.51 Å². The van der Waals surface area contributed by atoms with Crippen LogP contribution in [0.1, 0.15) is 26.7 Å². The minimum atomic E-state index is 0.264. The van der Waals surface area contributed by atoms with Gasteiger partial charge in [-0.05, 0) is 18.3 Å². The molecule has 0 unspecified atom stereocenters. The van der Waals surface area contributed by atoms with Crippen LogP contribution in [0.4, 0.5) is 5.13 Å². The zero-order valence-electron chi connectivity index (χ0n) is 8.59. The predicted octanol–water partition coefficient (Wildman–Crippen LogP) is 3.00. The standard InChI is InChI=1S/C9H16ClN3S/c1-9(2,4-3-5-10)6-11-8-13-12-7-14-8/h7H,3-6H2,1-2H3,(H,11,13). The Balaban J connectivity index is 2.28. The summed E-state index contributed by atoms with van der Waals surface area (Å²) < 4.78 is 0. The summed E-state index contributed by atoms with van der Waals surface area (Å²) in [5.74, 6) is 0.738. The lowest BCUT2D eigenvalue weighted by Gasteiger charge is -2.24. The van der Waals surface area contributed by atoms with E-state index in [1.54, 1.807) is 5.51 Å². The molecule has 0 atom stereocenters. The van der Waals surface area contributed by atoms with Crippen molar-refractivity contribution in [1.29, 1.82) is 0 Å². The number of hydrogen-bond acceptors (Lipinski definition) is 4. The molecule has 0 bridgehead atoms. The van der Waals surface area contributed by atoms with Crippen LogP contribution in [0.15, 0.2) is 5.51 Å². The summed E-state index contributed by atoms with van der Waals surface area (Å²) >= 11 is 7.19. The topological polar surface area (TPSA) is 37.8 Å². The molecule has 1 aromatic rings. The first-order chi connectivity index (χ1) is 6.64. The lowest BCUT2D eigenvalue weighted by Crippen LogP contribution is -2.23. The largest absolute Gasteiger partial charge is 0.360 e. The van der Waals surface area contributed by atoms with Gasteiger partial charge < -0.3 is 5.32 Å². The third kappa shape index (κ3) is 4.24. The van der Waals surface area contributed by atoms with Crippen molar-refractivity contribution in [2.45, 2.75) is 26.7 Å². The van der Waals surface area contributed by atoms with Crippen LogP contribution < -0.4 is 5.32 Å². The number of nitrogens with zero attached hydrogens (tertiary/aromatic N) is 2. The third-order valence-corrected chi connectivity index (χ3v) is 2.98. The van der Waals surface area contributed by atoms with Gasteiger partial charge in [-0.25, -0.2) is 0 Å². The van der Waals surface area contributed by atoms with Crippen LogP contribution in [0.3, 0.4) is 0 Å². The van der Waals surface area contributed by atoms with Gasteiger partial charge in [0.2, 0.25) is 5.13 Å². The predicted molar refractivity (Wildman–Crippen MR) is 62.1 cm³/mol. The number of halogens is 1. The van der Waals surface area contributed by atoms with Crippen molar-refractivity contribution in [3.8, 4) is 0 Å². The molecule has 1 N–H and O–H groups in total. The fraction of sp³-hybridized carbons (Fsp3) is 0.778. The second-order valence-electron chi connectivity index (χ2n) is 4.05. The molecule has 0 amide bonds. The van der Waals surface area contributed by atoms with Crippen molar-refractivity contribution in [3.63, 3.8) is 0 Å². The summed E-state index contributed by atoms with van der Waals surface area (Å²) in [6.07, 6.45) is 2.19. The zero-order valence-corrected chi connectivity index (χ0v) is 10.2. The number of anilines is 1. The molecule has 1 aromatic heterocycles. The van der Waals surface area contributed by atoms with Gasteiger partial charge in [-0.15, -0.1) is 21.8 Å². The first-order valence-corrected chi connectivity index (χ1v) is 6.11. The first kappa shape index (κ1) is 11.7. The maximum absolute atomic E-state index is 5.67. The van der Waals surface area contributed by atoms with E-state index < -0.39 is 0 Å². The fourth-order valence-corrected chi connectivity index (χ4v) is 1.78. The number of aromatic nitrogens is 2. The van der Waals surface area contributed by atoms with E-state index in [1.165, 1.54) is 11.3 Å². The maximum atomic E-state index is 5.67. The Labute approximate surface area is 93.9 Å². The zero-order chi connectivity index (χ0) is 10.4. The Morgan fingerprint density at radius 2 is 2.36 bits per heavy atom. The van der Waals surface area contributed by atoms with Crippen LogP contribution >= 0.6 is 22.9 Å². The van der Waals surface area contributed by atoms with Crippen molar-refractivity contribution in [2.24, 2.45) is 5.41 Å². The van der Waals surface area contributed by atoms with Gasteiger partial charge in [-0.3, -0.25) is 0 Å². The Kier molecular flexibility index (Phi) is 4.62. The summed E-state index contributed by atoms with van der Waals surface area (Å²) in [7, 11) is 0. The molecule has 3 nitrogen and oxygen atoms in total. The van der Waals surface area contributed by atoms with Gasteiger partial charge in [0.25, 0.3) is 0 Å². The van der Waals surface area contributed by atoms with Crippen molar-refractivity contribution in [2.75, 3.05) is 17.7 Å². The Hall–Kier alpha value is -0.350. The first-order valence-electron chi connectivity index (χ1n) is 4.70. The molecule has 14 heavy (non-hydrogen) atoms. The van der Waals surface area contributed by atoms with Crippen LogP contribution in [0.5, 0.6) is 0 Å². The van der Waals surface area contributed by atoms with Gasteiger partial charge >= 0.3 is 0 Å². The molecule has 0 saturated carbocycles. The second kappa shape index (κ2) is 5.51. The van der Waals surface area contributed by atoms with Crippen LogP contribution in [-0.4, -0.2) is 22.6 Å². The lowest BCUT2D eigenvalue weighted by molar-refractivity contribution is 0.355. The molecule has 5 heteroatoms. The molecule has 80 valence electrons. The summed E-state index contributed by atoms with van der Waals surface area (Å²) in [4.78, 5) is 0. The van der Waals surface area contributed by atoms with E-state index >= 15 is 0 Å². The van der Waals surface area contributed by atoms with E-state index in [4.69, 9.17) is 11.6 Å². The van der Waals surface area contributed by atoms with Gasteiger partial charge in [-0.2, -0.15) is 0 Å². The number of rotatable bonds is 6. The molecule has 1 heterocycles. The normalized spacial score (nSPS) is 11.6. The SMILES string of the molecule is CC(C)(CCCCl)CNc1nncs1. The average Bonchev–Trinajstić information content (AvgIpc) is 2.64. The second-order valence-corrected chi connectivity index (χ2v) is 5.27. The summed E-state index contributed by atoms with van der Waals surface area (Å²) in [6, 6.07) is 0. The molecule has 0 aliphatic carbocycles. The average molecular weight is 234 g/mol. The van der Waals surface area contributed by atoms with Crippen molar-refractivity contribution in [1.82, 2.24) is 10.2 Å². The number of alkyl halides is 1. The van der Waals surface area contributed by atoms with Gasteiger partial charge in [0.05, 0.1) is 0 Å². The van der Waals surface area contributed by atoms with Gasteiger partial charge in [0.15, 0.2) is 0 Å². The van der Waals surface area contributed by atoms with E-state index in [0.29, 0.717) is 0 Å².